The molecule has 19 heavy (non-hydrogen) atoms. The maximum Gasteiger partial charge on any atom is 0.217 e. The van der Waals surface area contributed by atoms with E-state index in [0.717, 1.165) is 16.6 Å². The van der Waals surface area contributed by atoms with Crippen molar-refractivity contribution >= 4 is 15.9 Å². The highest BCUT2D eigenvalue weighted by atomic mass is 79.9. The van der Waals surface area contributed by atoms with E-state index in [0.29, 0.717) is 5.88 Å². The molecule has 0 aliphatic carbocycles. The molecular formula is C15H17BrN2O. The molecule has 0 spiro atoms. The molecule has 0 bridgehead atoms. The molecule has 0 unspecified atom stereocenters. The van der Waals surface area contributed by atoms with Crippen molar-refractivity contribution in [3.8, 4) is 5.88 Å². The lowest BCUT2D eigenvalue weighted by molar-refractivity contribution is 0.389. The van der Waals surface area contributed by atoms with Crippen molar-refractivity contribution in [2.75, 3.05) is 7.11 Å². The Morgan fingerprint density at radius 1 is 1.26 bits per heavy atom. The molecule has 1 N–H and O–H groups in total. The lowest BCUT2D eigenvalue weighted by atomic mass is 10.1. The summed E-state index contributed by atoms with van der Waals surface area (Å²) < 4.78 is 6.37. The first-order chi connectivity index (χ1) is 9.22. The molecule has 1 aromatic carbocycles. The molecule has 0 amide bonds. The summed E-state index contributed by atoms with van der Waals surface area (Å²) in [5.74, 6) is 0.675. The van der Waals surface area contributed by atoms with Gasteiger partial charge in [0.25, 0.3) is 0 Å². The second kappa shape index (κ2) is 6.68. The topological polar surface area (TPSA) is 34.1 Å². The van der Waals surface area contributed by atoms with E-state index in [1.807, 2.05) is 24.3 Å². The van der Waals surface area contributed by atoms with E-state index in [9.17, 15) is 0 Å². The fourth-order valence-corrected chi connectivity index (χ4v) is 2.57. The summed E-state index contributed by atoms with van der Waals surface area (Å²) in [4.78, 5) is 4.19. The van der Waals surface area contributed by atoms with Crippen LogP contribution in [0.5, 0.6) is 5.88 Å². The summed E-state index contributed by atoms with van der Waals surface area (Å²) in [6.07, 6.45) is 1.74. The average Bonchev–Trinajstić information content (AvgIpc) is 2.45. The Morgan fingerprint density at radius 3 is 2.79 bits per heavy atom. The van der Waals surface area contributed by atoms with Crippen LogP contribution in [0.4, 0.5) is 0 Å². The SMILES string of the molecule is COc1ncccc1CN[C@@H](C)c1ccccc1Br. The molecule has 4 heteroatoms. The van der Waals surface area contributed by atoms with Gasteiger partial charge in [-0.1, -0.05) is 40.2 Å². The Bertz CT molecular complexity index is 545. The summed E-state index contributed by atoms with van der Waals surface area (Å²) in [5.41, 5.74) is 2.30. The van der Waals surface area contributed by atoms with Crippen LogP contribution in [0.15, 0.2) is 47.1 Å². The second-order valence-corrected chi connectivity index (χ2v) is 5.15. The minimum atomic E-state index is 0.250. The number of nitrogens with zero attached hydrogens (tertiary/aromatic N) is 1. The third-order valence-electron chi connectivity index (χ3n) is 3.01. The highest BCUT2D eigenvalue weighted by Crippen LogP contribution is 2.23. The predicted octanol–water partition coefficient (Wildman–Crippen LogP) is 3.70. The first-order valence-electron chi connectivity index (χ1n) is 6.18. The Labute approximate surface area is 122 Å². The number of ether oxygens (including phenoxy) is 1. The maximum absolute atomic E-state index is 5.25. The van der Waals surface area contributed by atoms with Crippen molar-refractivity contribution in [2.24, 2.45) is 0 Å². The van der Waals surface area contributed by atoms with Gasteiger partial charge in [0.15, 0.2) is 0 Å². The molecule has 0 saturated carbocycles. The molecule has 2 rings (SSSR count). The number of benzene rings is 1. The highest BCUT2D eigenvalue weighted by molar-refractivity contribution is 9.10. The fourth-order valence-electron chi connectivity index (χ4n) is 1.94. The first kappa shape index (κ1) is 14.0. The third-order valence-corrected chi connectivity index (χ3v) is 3.74. The molecule has 2 aromatic rings. The van der Waals surface area contributed by atoms with Gasteiger partial charge in [0.05, 0.1) is 7.11 Å². The van der Waals surface area contributed by atoms with E-state index < -0.39 is 0 Å². The predicted molar refractivity (Wildman–Crippen MR) is 80.2 cm³/mol. The number of methoxy groups -OCH3 is 1. The van der Waals surface area contributed by atoms with Crippen LogP contribution >= 0.6 is 15.9 Å². The quantitative estimate of drug-likeness (QED) is 0.912. The smallest absolute Gasteiger partial charge is 0.217 e. The van der Waals surface area contributed by atoms with Crippen molar-refractivity contribution < 1.29 is 4.74 Å². The van der Waals surface area contributed by atoms with Crippen LogP contribution in [0.2, 0.25) is 0 Å². The van der Waals surface area contributed by atoms with E-state index in [-0.39, 0.29) is 6.04 Å². The van der Waals surface area contributed by atoms with Gasteiger partial charge in [0, 0.05) is 28.8 Å². The first-order valence-corrected chi connectivity index (χ1v) is 6.97. The number of aromatic nitrogens is 1. The third kappa shape index (κ3) is 3.55. The molecular weight excluding hydrogens is 304 g/mol. The van der Waals surface area contributed by atoms with Crippen LogP contribution in [0.25, 0.3) is 0 Å². The van der Waals surface area contributed by atoms with Gasteiger partial charge in [-0.2, -0.15) is 0 Å². The van der Waals surface area contributed by atoms with Crippen LogP contribution in [-0.4, -0.2) is 12.1 Å². The number of halogens is 1. The summed E-state index contributed by atoms with van der Waals surface area (Å²) in [7, 11) is 1.64. The zero-order valence-corrected chi connectivity index (χ0v) is 12.6. The molecule has 3 nitrogen and oxygen atoms in total. The lowest BCUT2D eigenvalue weighted by Gasteiger charge is -2.16. The number of hydrogen-bond acceptors (Lipinski definition) is 3. The van der Waals surface area contributed by atoms with Crippen molar-refractivity contribution in [2.45, 2.75) is 19.5 Å². The Kier molecular flexibility index (Phi) is 4.93. The van der Waals surface area contributed by atoms with Crippen molar-refractivity contribution in [3.63, 3.8) is 0 Å². The zero-order chi connectivity index (χ0) is 13.7. The van der Waals surface area contributed by atoms with E-state index in [2.05, 4.69) is 45.3 Å². The molecule has 0 radical (unpaired) electrons. The van der Waals surface area contributed by atoms with Gasteiger partial charge in [-0.3, -0.25) is 0 Å². The molecule has 100 valence electrons. The monoisotopic (exact) mass is 320 g/mol. The molecule has 1 atom stereocenters. The lowest BCUT2D eigenvalue weighted by Crippen LogP contribution is -2.19. The van der Waals surface area contributed by atoms with E-state index in [4.69, 9.17) is 4.74 Å². The summed E-state index contributed by atoms with van der Waals surface area (Å²) in [6, 6.07) is 12.4. The van der Waals surface area contributed by atoms with Crippen LogP contribution in [0, 0.1) is 0 Å². The van der Waals surface area contributed by atoms with Gasteiger partial charge >= 0.3 is 0 Å². The standard InChI is InChI=1S/C15H17BrN2O/c1-11(13-7-3-4-8-14(13)16)18-10-12-6-5-9-17-15(12)19-2/h3-9,11,18H,10H2,1-2H3/t11-/m0/s1. The number of hydrogen-bond donors (Lipinski definition) is 1. The Hall–Kier alpha value is -1.39. The van der Waals surface area contributed by atoms with Crippen LogP contribution in [-0.2, 0) is 6.54 Å². The van der Waals surface area contributed by atoms with Gasteiger partial charge < -0.3 is 10.1 Å². The molecule has 0 aliphatic rings. The molecule has 0 saturated heterocycles. The Morgan fingerprint density at radius 2 is 2.05 bits per heavy atom. The van der Waals surface area contributed by atoms with Gasteiger partial charge in [-0.05, 0) is 24.6 Å². The van der Waals surface area contributed by atoms with Crippen LogP contribution < -0.4 is 10.1 Å². The van der Waals surface area contributed by atoms with E-state index in [1.165, 1.54) is 5.56 Å². The average molecular weight is 321 g/mol. The van der Waals surface area contributed by atoms with Gasteiger partial charge in [-0.25, -0.2) is 4.98 Å². The van der Waals surface area contributed by atoms with Gasteiger partial charge in [-0.15, -0.1) is 0 Å². The Balaban J connectivity index is 2.04. The van der Waals surface area contributed by atoms with Crippen molar-refractivity contribution in [1.82, 2.24) is 10.3 Å². The zero-order valence-electron chi connectivity index (χ0n) is 11.1. The normalized spacial score (nSPS) is 12.2. The summed E-state index contributed by atoms with van der Waals surface area (Å²) in [5, 5.41) is 3.48. The van der Waals surface area contributed by atoms with Crippen LogP contribution in [0.3, 0.4) is 0 Å². The number of nitrogens with one attached hydrogen (secondary N) is 1. The number of rotatable bonds is 5. The molecule has 1 heterocycles. The summed E-state index contributed by atoms with van der Waals surface area (Å²) >= 11 is 3.57. The second-order valence-electron chi connectivity index (χ2n) is 4.30. The maximum atomic E-state index is 5.25. The fraction of sp³-hybridized carbons (Fsp3) is 0.267. The van der Waals surface area contributed by atoms with Gasteiger partial charge in [0.2, 0.25) is 5.88 Å². The minimum absolute atomic E-state index is 0.250. The van der Waals surface area contributed by atoms with Crippen molar-refractivity contribution in [1.29, 1.82) is 0 Å². The largest absolute Gasteiger partial charge is 0.481 e. The van der Waals surface area contributed by atoms with E-state index in [1.54, 1.807) is 13.3 Å². The molecule has 0 fully saturated rings. The van der Waals surface area contributed by atoms with E-state index >= 15 is 0 Å². The highest BCUT2D eigenvalue weighted by Gasteiger charge is 2.09. The minimum Gasteiger partial charge on any atom is -0.481 e. The van der Waals surface area contributed by atoms with Crippen LogP contribution in [0.1, 0.15) is 24.1 Å². The number of pyridine rings is 1. The molecule has 0 aliphatic heterocycles. The van der Waals surface area contributed by atoms with Crippen molar-refractivity contribution in [3.05, 3.63) is 58.2 Å². The van der Waals surface area contributed by atoms with Gasteiger partial charge in [0.1, 0.15) is 0 Å². The molecule has 1 aromatic heterocycles. The summed E-state index contributed by atoms with van der Waals surface area (Å²) in [6.45, 7) is 2.86.